The van der Waals surface area contributed by atoms with Gasteiger partial charge in [-0.2, -0.15) is 13.2 Å². The number of carboxylic acid groups (broad SMARTS) is 1. The molecule has 0 bridgehead atoms. The molecule has 4 atom stereocenters. The van der Waals surface area contributed by atoms with Gasteiger partial charge in [-0.05, 0) is 49.9 Å². The Morgan fingerprint density at radius 3 is 2.34 bits per heavy atom. The SMILES string of the molecule is C[C@@H](C(=O)Nc1ccc(C[C@@H]2CC[C@H]([C@H](O)c3cccnc3)N2)cc1)c1cnccn1.O=C(O)C(F)(F)F. The van der Waals surface area contributed by atoms with Crippen LogP contribution in [-0.4, -0.2) is 55.3 Å². The lowest BCUT2D eigenvalue weighted by molar-refractivity contribution is -0.192. The number of aliphatic hydroxyl groups is 1. The fourth-order valence-corrected chi connectivity index (χ4v) is 3.97. The first-order chi connectivity index (χ1) is 18.0. The van der Waals surface area contributed by atoms with Gasteiger partial charge in [-0.1, -0.05) is 18.2 Å². The Balaban J connectivity index is 0.000000505. The molecule has 0 spiro atoms. The zero-order chi connectivity index (χ0) is 27.7. The molecule has 3 heterocycles. The Labute approximate surface area is 217 Å². The number of carbonyl (C=O) groups is 2. The van der Waals surface area contributed by atoms with Gasteiger partial charge in [0.05, 0.1) is 17.7 Å². The van der Waals surface area contributed by atoms with E-state index >= 15 is 0 Å². The molecule has 1 fully saturated rings. The number of nitrogens with one attached hydrogen (secondary N) is 2. The number of aliphatic hydroxyl groups excluding tert-OH is 1. The highest BCUT2D eigenvalue weighted by Crippen LogP contribution is 2.26. The molecular formula is C26H28F3N5O4. The quantitative estimate of drug-likeness (QED) is 0.363. The van der Waals surface area contributed by atoms with E-state index in [0.29, 0.717) is 11.7 Å². The highest BCUT2D eigenvalue weighted by Gasteiger charge is 2.38. The van der Waals surface area contributed by atoms with E-state index in [1.165, 1.54) is 5.56 Å². The number of nitrogens with zero attached hydrogens (tertiary/aromatic N) is 3. The highest BCUT2D eigenvalue weighted by molar-refractivity contribution is 5.95. The third-order valence-electron chi connectivity index (χ3n) is 6.05. The van der Waals surface area contributed by atoms with Gasteiger partial charge in [0, 0.05) is 54.3 Å². The first kappa shape index (κ1) is 28.7. The summed E-state index contributed by atoms with van der Waals surface area (Å²) in [5.41, 5.74) is 3.44. The highest BCUT2D eigenvalue weighted by atomic mass is 19.4. The zero-order valence-corrected chi connectivity index (χ0v) is 20.5. The lowest BCUT2D eigenvalue weighted by Crippen LogP contribution is -2.35. The van der Waals surface area contributed by atoms with Crippen molar-refractivity contribution in [3.8, 4) is 0 Å². The van der Waals surface area contributed by atoms with Crippen LogP contribution in [0.1, 0.15) is 48.6 Å². The van der Waals surface area contributed by atoms with Gasteiger partial charge in [-0.25, -0.2) is 4.79 Å². The number of amides is 1. The van der Waals surface area contributed by atoms with Crippen molar-refractivity contribution in [1.82, 2.24) is 20.3 Å². The van der Waals surface area contributed by atoms with E-state index in [9.17, 15) is 23.1 Å². The Kier molecular flexibility index (Phi) is 9.85. The summed E-state index contributed by atoms with van der Waals surface area (Å²) in [4.78, 5) is 33.7. The minimum absolute atomic E-state index is 0.0373. The fourth-order valence-electron chi connectivity index (χ4n) is 3.97. The molecule has 0 saturated carbocycles. The van der Waals surface area contributed by atoms with Crippen LogP contribution in [0.3, 0.4) is 0 Å². The molecule has 4 N–H and O–H groups in total. The topological polar surface area (TPSA) is 137 Å². The second-order valence-corrected chi connectivity index (χ2v) is 8.82. The van der Waals surface area contributed by atoms with Crippen LogP contribution < -0.4 is 10.6 Å². The van der Waals surface area contributed by atoms with Gasteiger partial charge >= 0.3 is 12.1 Å². The maximum atomic E-state index is 12.5. The lowest BCUT2D eigenvalue weighted by Gasteiger charge is -2.20. The van der Waals surface area contributed by atoms with Crippen molar-refractivity contribution >= 4 is 17.6 Å². The summed E-state index contributed by atoms with van der Waals surface area (Å²) in [5, 5.41) is 24.2. The van der Waals surface area contributed by atoms with Crippen molar-refractivity contribution in [3.05, 3.63) is 84.2 Å². The van der Waals surface area contributed by atoms with Crippen molar-refractivity contribution in [1.29, 1.82) is 0 Å². The van der Waals surface area contributed by atoms with E-state index in [4.69, 9.17) is 9.90 Å². The van der Waals surface area contributed by atoms with Gasteiger partial charge in [0.1, 0.15) is 0 Å². The van der Waals surface area contributed by atoms with Crippen LogP contribution in [0.2, 0.25) is 0 Å². The minimum atomic E-state index is -5.08. The Morgan fingerprint density at radius 1 is 1.08 bits per heavy atom. The van der Waals surface area contributed by atoms with Crippen LogP contribution in [0.5, 0.6) is 0 Å². The normalized spacial score (nSPS) is 18.6. The van der Waals surface area contributed by atoms with Crippen molar-refractivity contribution in [3.63, 3.8) is 0 Å². The molecule has 1 saturated heterocycles. The Bertz CT molecular complexity index is 1180. The molecule has 12 heteroatoms. The lowest BCUT2D eigenvalue weighted by atomic mass is 10.0. The number of aromatic nitrogens is 3. The first-order valence-corrected chi connectivity index (χ1v) is 11.8. The maximum Gasteiger partial charge on any atom is 0.490 e. The summed E-state index contributed by atoms with van der Waals surface area (Å²) >= 11 is 0. The van der Waals surface area contributed by atoms with E-state index in [0.717, 1.165) is 30.5 Å². The molecule has 9 nitrogen and oxygen atoms in total. The van der Waals surface area contributed by atoms with Crippen LogP contribution in [0, 0.1) is 0 Å². The molecular weight excluding hydrogens is 503 g/mol. The Hall–Kier alpha value is -3.90. The summed E-state index contributed by atoms with van der Waals surface area (Å²) < 4.78 is 31.7. The average Bonchev–Trinajstić information content (AvgIpc) is 3.38. The number of aliphatic carboxylic acids is 1. The number of hydrogen-bond acceptors (Lipinski definition) is 7. The summed E-state index contributed by atoms with van der Waals surface area (Å²) in [5.74, 6) is -3.25. The maximum absolute atomic E-state index is 12.5. The first-order valence-electron chi connectivity index (χ1n) is 11.8. The number of halogens is 3. The molecule has 0 aliphatic carbocycles. The predicted molar refractivity (Wildman–Crippen MR) is 132 cm³/mol. The summed E-state index contributed by atoms with van der Waals surface area (Å²) in [6.07, 6.45) is 5.40. The second kappa shape index (κ2) is 13.1. The number of alkyl halides is 3. The van der Waals surface area contributed by atoms with Gasteiger partial charge < -0.3 is 20.8 Å². The zero-order valence-electron chi connectivity index (χ0n) is 20.5. The predicted octanol–water partition coefficient (Wildman–Crippen LogP) is 3.64. The minimum Gasteiger partial charge on any atom is -0.475 e. The van der Waals surface area contributed by atoms with E-state index in [1.54, 1.807) is 31.0 Å². The summed E-state index contributed by atoms with van der Waals surface area (Å²) in [7, 11) is 0. The van der Waals surface area contributed by atoms with Gasteiger partial charge in [0.15, 0.2) is 0 Å². The molecule has 1 aromatic carbocycles. The van der Waals surface area contributed by atoms with Crippen LogP contribution in [-0.2, 0) is 16.0 Å². The van der Waals surface area contributed by atoms with Crippen molar-refractivity contribution in [2.24, 2.45) is 0 Å². The van der Waals surface area contributed by atoms with E-state index in [-0.39, 0.29) is 17.9 Å². The number of carboxylic acids is 1. The van der Waals surface area contributed by atoms with E-state index in [1.807, 2.05) is 43.3 Å². The van der Waals surface area contributed by atoms with Crippen LogP contribution in [0.25, 0.3) is 0 Å². The number of carbonyl (C=O) groups excluding carboxylic acids is 1. The fraction of sp³-hybridized carbons (Fsp3) is 0.346. The van der Waals surface area contributed by atoms with E-state index < -0.39 is 18.2 Å². The molecule has 1 aliphatic heterocycles. The van der Waals surface area contributed by atoms with Crippen LogP contribution in [0.4, 0.5) is 18.9 Å². The number of pyridine rings is 1. The molecule has 3 aromatic rings. The van der Waals surface area contributed by atoms with E-state index in [2.05, 4.69) is 25.6 Å². The average molecular weight is 532 g/mol. The molecule has 0 unspecified atom stereocenters. The summed E-state index contributed by atoms with van der Waals surface area (Å²) in [6, 6.07) is 12.0. The number of hydrogen-bond donors (Lipinski definition) is 4. The van der Waals surface area contributed by atoms with Gasteiger partial charge in [-0.15, -0.1) is 0 Å². The van der Waals surface area contributed by atoms with Crippen molar-refractivity contribution in [2.45, 2.75) is 56.5 Å². The van der Waals surface area contributed by atoms with Gasteiger partial charge in [0.2, 0.25) is 5.91 Å². The van der Waals surface area contributed by atoms with Crippen LogP contribution >= 0.6 is 0 Å². The number of benzene rings is 1. The van der Waals surface area contributed by atoms with Crippen molar-refractivity contribution < 1.29 is 33.0 Å². The summed E-state index contributed by atoms with van der Waals surface area (Å²) in [6.45, 7) is 1.82. The molecule has 2 aromatic heterocycles. The van der Waals surface area contributed by atoms with Crippen molar-refractivity contribution in [2.75, 3.05) is 5.32 Å². The van der Waals surface area contributed by atoms with Crippen LogP contribution in [0.15, 0.2) is 67.4 Å². The largest absolute Gasteiger partial charge is 0.490 e. The second-order valence-electron chi connectivity index (χ2n) is 8.82. The monoisotopic (exact) mass is 531 g/mol. The number of rotatable bonds is 7. The molecule has 1 amide bonds. The van der Waals surface area contributed by atoms with Gasteiger partial charge in [0.25, 0.3) is 0 Å². The molecule has 1 aliphatic rings. The molecule has 4 rings (SSSR count). The standard InChI is InChI=1S/C24H27N5O2.C2HF3O2/c1-16(22-15-26-11-12-27-22)24(31)29-19-6-4-17(5-7-19)13-20-8-9-21(28-20)23(30)18-3-2-10-25-14-18;3-2(4,5)1(6)7/h2-7,10-12,14-16,20-21,23,28,30H,8-9,13H2,1H3,(H,29,31);(H,6,7)/t16-,20+,21-,23-;/m1./s1. The molecule has 0 radical (unpaired) electrons. The third kappa shape index (κ3) is 8.32. The third-order valence-corrected chi connectivity index (χ3v) is 6.05. The Morgan fingerprint density at radius 2 is 1.76 bits per heavy atom. The van der Waals surface area contributed by atoms with Gasteiger partial charge in [-0.3, -0.25) is 19.7 Å². The molecule has 38 heavy (non-hydrogen) atoms. The smallest absolute Gasteiger partial charge is 0.475 e. The number of anilines is 1. The molecule has 202 valence electrons.